The fraction of sp³-hybridized carbons (Fsp3) is 0.190. The molecular formula is C63H63N9O3S3. The molecule has 3 amide bonds. The maximum absolute atomic E-state index is 15.6. The number of benzene rings is 4. The molecule has 0 aliphatic carbocycles. The second kappa shape index (κ2) is 20.8. The first-order valence-corrected chi connectivity index (χ1v) is 33.7. The molecule has 0 aliphatic rings. The van der Waals surface area contributed by atoms with E-state index in [1.54, 1.807) is 49.7 Å². The molecule has 6 aromatic heterocycles. The van der Waals surface area contributed by atoms with Gasteiger partial charge in [0.2, 0.25) is 0 Å². The van der Waals surface area contributed by atoms with Gasteiger partial charge in [0.05, 0.1) is 69.3 Å². The molecule has 0 radical (unpaired) electrons. The summed E-state index contributed by atoms with van der Waals surface area (Å²) in [5, 5.41) is 3.00. The van der Waals surface area contributed by atoms with Crippen molar-refractivity contribution in [2.24, 2.45) is 0 Å². The predicted molar refractivity (Wildman–Crippen MR) is 332 cm³/mol. The van der Waals surface area contributed by atoms with Crippen molar-refractivity contribution in [1.82, 2.24) is 29.9 Å². The minimum Gasteiger partial charge on any atom is -0.268 e. The number of aryl methyl sites for hydroxylation is 3. The summed E-state index contributed by atoms with van der Waals surface area (Å²) in [5.41, 5.74) is 12.3. The zero-order chi connectivity index (χ0) is 55.4. The van der Waals surface area contributed by atoms with E-state index in [0.717, 1.165) is 66.5 Å². The summed E-state index contributed by atoms with van der Waals surface area (Å²) in [5.74, 6) is -1.13. The third-order valence-electron chi connectivity index (χ3n) is 13.2. The van der Waals surface area contributed by atoms with Crippen LogP contribution in [0.2, 0.25) is 0 Å². The van der Waals surface area contributed by atoms with Crippen LogP contribution in [0.25, 0.3) is 66.5 Å². The van der Waals surface area contributed by atoms with Gasteiger partial charge in [-0.25, -0.2) is 0 Å². The Morgan fingerprint density at radius 2 is 0.615 bits per heavy atom. The zero-order valence-corrected chi connectivity index (χ0v) is 48.5. The first-order chi connectivity index (χ1) is 37.0. The van der Waals surface area contributed by atoms with Gasteiger partial charge in [0, 0.05) is 66.6 Å². The Kier molecular flexibility index (Phi) is 14.2. The molecule has 396 valence electrons. The smallest absolute Gasteiger partial charge is 0.267 e. The van der Waals surface area contributed by atoms with Gasteiger partial charge in [-0.1, -0.05) is 72.8 Å². The van der Waals surface area contributed by atoms with Gasteiger partial charge in [-0.15, -0.1) is 0 Å². The molecule has 0 bridgehead atoms. The normalized spacial score (nSPS) is 12.6. The van der Waals surface area contributed by atoms with E-state index < -0.39 is 30.6 Å². The van der Waals surface area contributed by atoms with Crippen LogP contribution < -0.4 is 12.9 Å². The summed E-state index contributed by atoms with van der Waals surface area (Å²) >= 11 is 0. The van der Waals surface area contributed by atoms with Crippen LogP contribution in [0.3, 0.4) is 0 Å². The van der Waals surface area contributed by atoms with Gasteiger partial charge >= 0.3 is 0 Å². The molecule has 78 heavy (non-hydrogen) atoms. The van der Waals surface area contributed by atoms with Crippen molar-refractivity contribution in [2.75, 3.05) is 69.2 Å². The Morgan fingerprint density at radius 1 is 0.346 bits per heavy atom. The SMILES string of the molecule is Cc1ccc2cccc(-c3ccc(N(C(=O)c4cc(C(=O)N(c5ccc(-c6cccc7ccc(C)nc67)nc5)S(C)(C)C)cc(C(=O)N(c5ccc(-c6cccc7ccc(C)nc67)nc5)S(C)(C)C)c4)S(C)(C)C)cn3)c2n1. The monoisotopic (exact) mass is 1090 g/mol. The fourth-order valence-electron chi connectivity index (χ4n) is 9.75. The molecular weight excluding hydrogens is 1030 g/mol. The first-order valence-electron chi connectivity index (χ1n) is 25.3. The Bertz CT molecular complexity index is 3560. The van der Waals surface area contributed by atoms with E-state index in [1.165, 1.54) is 0 Å². The highest BCUT2D eigenvalue weighted by Crippen LogP contribution is 2.49. The quantitative estimate of drug-likeness (QED) is 0.117. The second-order valence-corrected chi connectivity index (χ2v) is 33.3. The van der Waals surface area contributed by atoms with Crippen LogP contribution in [0, 0.1) is 20.8 Å². The van der Waals surface area contributed by atoms with E-state index in [-0.39, 0.29) is 34.4 Å². The average Bonchev–Trinajstić information content (AvgIpc) is 3.46. The minimum atomic E-state index is -1.88. The number of carbonyl (C=O) groups excluding carboxylic acids is 3. The number of rotatable bonds is 12. The lowest BCUT2D eigenvalue weighted by atomic mass is 10.0. The van der Waals surface area contributed by atoms with E-state index in [1.807, 2.05) is 186 Å². The number of anilines is 3. The third-order valence-corrected chi connectivity index (χ3v) is 17.6. The standard InChI is InChI=1S/C63H63N9O3S3/c1-40-22-25-43-16-13-19-52(58(43)67-40)55-31-28-49(37-64-55)70(76(4,5)6)61(73)46-34-47(62(74)71(77(7,8)9)50-29-32-56(65-38-50)53-20-14-17-44-26-23-41(2)68-59(44)53)36-48(35-46)63(75)72(78(10,11)12)51-30-33-57(66-39-51)54-21-15-18-45-27-24-42(3)69-60(45)54/h13-39H,1-12H3. The van der Waals surface area contributed by atoms with Crippen molar-refractivity contribution in [3.05, 3.63) is 198 Å². The van der Waals surface area contributed by atoms with Crippen LogP contribution in [-0.4, -0.2) is 104 Å². The molecule has 0 spiro atoms. The molecule has 6 heterocycles. The second-order valence-electron chi connectivity index (χ2n) is 21.6. The molecule has 12 nitrogen and oxygen atoms in total. The molecule has 0 saturated carbocycles. The summed E-state index contributed by atoms with van der Waals surface area (Å²) in [6.07, 6.45) is 23.4. The molecule has 0 fully saturated rings. The summed E-state index contributed by atoms with van der Waals surface area (Å²) in [6, 6.07) is 46.5. The highest BCUT2D eigenvalue weighted by atomic mass is 32.3. The van der Waals surface area contributed by atoms with Crippen molar-refractivity contribution >= 4 is 98.1 Å². The largest absolute Gasteiger partial charge is 0.268 e. The number of aromatic nitrogens is 6. The van der Waals surface area contributed by atoms with Gasteiger partial charge in [0.1, 0.15) is 0 Å². The number of pyridine rings is 6. The Labute approximate surface area is 461 Å². The molecule has 10 aromatic rings. The molecule has 0 aliphatic heterocycles. The Morgan fingerprint density at radius 3 is 0.846 bits per heavy atom. The lowest BCUT2D eigenvalue weighted by molar-refractivity contribution is 0.101. The topological polar surface area (TPSA) is 138 Å². The molecule has 10 rings (SSSR count). The summed E-state index contributed by atoms with van der Waals surface area (Å²) in [6.45, 7) is 5.90. The predicted octanol–water partition coefficient (Wildman–Crippen LogP) is 14.2. The van der Waals surface area contributed by atoms with Gasteiger partial charge in [-0.05, 0) is 150 Å². The number of hydrogen-bond acceptors (Lipinski definition) is 9. The zero-order valence-electron chi connectivity index (χ0n) is 46.1. The van der Waals surface area contributed by atoms with Gasteiger partial charge in [0.25, 0.3) is 17.7 Å². The molecule has 0 unspecified atom stereocenters. The van der Waals surface area contributed by atoms with Gasteiger partial charge in [-0.2, -0.15) is 30.6 Å². The summed E-state index contributed by atoms with van der Waals surface area (Å²) in [7, 11) is -5.63. The number of hydrogen-bond donors (Lipinski definition) is 0. The Balaban J connectivity index is 1.07. The van der Waals surface area contributed by atoms with Crippen molar-refractivity contribution in [1.29, 1.82) is 0 Å². The first kappa shape index (κ1) is 53.4. The van der Waals surface area contributed by atoms with Crippen LogP contribution in [0.5, 0.6) is 0 Å². The van der Waals surface area contributed by atoms with Gasteiger partial charge < -0.3 is 0 Å². The number of fused-ring (bicyclic) bond motifs is 3. The fourth-order valence-corrected chi connectivity index (χ4v) is 13.8. The highest BCUT2D eigenvalue weighted by Gasteiger charge is 2.34. The average molecular weight is 1090 g/mol. The summed E-state index contributed by atoms with van der Waals surface area (Å²) < 4.78 is 5.27. The van der Waals surface area contributed by atoms with E-state index in [9.17, 15) is 0 Å². The molecule has 0 N–H and O–H groups in total. The van der Waals surface area contributed by atoms with Crippen LogP contribution in [0.15, 0.2) is 164 Å². The molecule has 4 aromatic carbocycles. The summed E-state index contributed by atoms with van der Waals surface area (Å²) in [4.78, 5) is 76.1. The van der Waals surface area contributed by atoms with Crippen molar-refractivity contribution in [3.8, 4) is 33.8 Å². The van der Waals surface area contributed by atoms with Crippen LogP contribution in [-0.2, 0) is 0 Å². The van der Waals surface area contributed by atoms with Crippen LogP contribution in [0.1, 0.15) is 48.2 Å². The number of nitrogens with zero attached hydrogens (tertiary/aromatic N) is 9. The van der Waals surface area contributed by atoms with Crippen molar-refractivity contribution in [2.45, 2.75) is 20.8 Å². The number of amides is 3. The van der Waals surface area contributed by atoms with E-state index in [2.05, 4.69) is 18.2 Å². The number of para-hydroxylation sites is 3. The van der Waals surface area contributed by atoms with Crippen molar-refractivity contribution < 1.29 is 14.4 Å². The minimum absolute atomic E-state index is 0.177. The molecule has 15 heteroatoms. The molecule has 0 saturated heterocycles. The van der Waals surface area contributed by atoms with E-state index >= 15 is 14.4 Å². The van der Waals surface area contributed by atoms with Crippen molar-refractivity contribution in [3.63, 3.8) is 0 Å². The van der Waals surface area contributed by atoms with Gasteiger partial charge in [0.15, 0.2) is 0 Å². The Hall–Kier alpha value is -7.98. The maximum Gasteiger partial charge on any atom is 0.267 e. The third kappa shape index (κ3) is 10.7. The van der Waals surface area contributed by atoms with Gasteiger partial charge in [-0.3, -0.25) is 57.2 Å². The van der Waals surface area contributed by atoms with E-state index in [0.29, 0.717) is 34.1 Å². The highest BCUT2D eigenvalue weighted by molar-refractivity contribution is 8.34. The lowest BCUT2D eigenvalue weighted by Crippen LogP contribution is -2.36. The lowest BCUT2D eigenvalue weighted by Gasteiger charge is -2.41. The number of carbonyl (C=O) groups is 3. The molecule has 0 atom stereocenters. The van der Waals surface area contributed by atoms with E-state index in [4.69, 9.17) is 29.9 Å². The van der Waals surface area contributed by atoms with Crippen LogP contribution in [0.4, 0.5) is 17.1 Å². The van der Waals surface area contributed by atoms with Crippen LogP contribution >= 0.6 is 30.6 Å². The maximum atomic E-state index is 15.6.